The molecule has 0 N–H and O–H groups in total. The predicted molar refractivity (Wildman–Crippen MR) is 80.2 cm³/mol. The summed E-state index contributed by atoms with van der Waals surface area (Å²) in [6.07, 6.45) is 1.77. The van der Waals surface area contributed by atoms with Crippen LogP contribution in [-0.2, 0) is 16.1 Å². The van der Waals surface area contributed by atoms with Crippen LogP contribution in [0.2, 0.25) is 0 Å². The molecule has 1 aromatic carbocycles. The maximum absolute atomic E-state index is 13.0. The van der Waals surface area contributed by atoms with Crippen LogP contribution in [0.3, 0.4) is 0 Å². The van der Waals surface area contributed by atoms with Gasteiger partial charge in [-0.05, 0) is 36.0 Å². The van der Waals surface area contributed by atoms with Gasteiger partial charge in [0.25, 0.3) is 0 Å². The topological polar surface area (TPSA) is 29.5 Å². The van der Waals surface area contributed by atoms with Crippen LogP contribution in [0.5, 0.6) is 0 Å². The Bertz CT molecular complexity index is 484. The molecule has 1 amide bonds. The van der Waals surface area contributed by atoms with Crippen molar-refractivity contribution in [2.24, 2.45) is 11.3 Å². The molecule has 0 saturated heterocycles. The van der Waals surface area contributed by atoms with Crippen LogP contribution in [0.15, 0.2) is 24.3 Å². The maximum atomic E-state index is 13.0. The summed E-state index contributed by atoms with van der Waals surface area (Å²) in [7, 11) is 1.66. The van der Waals surface area contributed by atoms with Crippen LogP contribution in [0.25, 0.3) is 0 Å². The van der Waals surface area contributed by atoms with Gasteiger partial charge in [0.1, 0.15) is 5.82 Å². The first-order valence-electron chi connectivity index (χ1n) is 7.46. The lowest BCUT2D eigenvalue weighted by atomic mass is 10.1. The highest BCUT2D eigenvalue weighted by Crippen LogP contribution is 2.52. The van der Waals surface area contributed by atoms with E-state index < -0.39 is 0 Å². The van der Waals surface area contributed by atoms with Crippen LogP contribution in [-0.4, -0.2) is 31.1 Å². The number of benzene rings is 1. The lowest BCUT2D eigenvalue weighted by molar-refractivity contribution is -0.134. The summed E-state index contributed by atoms with van der Waals surface area (Å²) < 4.78 is 18.0. The van der Waals surface area contributed by atoms with E-state index in [0.29, 0.717) is 19.7 Å². The standard InChI is InChI=1S/C17H24FNO2/c1-17(2)11-15(17)16(20)19(9-4-10-21-3)12-13-5-7-14(18)8-6-13/h5-8,15H,4,9-12H2,1-3H3/t15-/m1/s1. The molecule has 0 aromatic heterocycles. The van der Waals surface area contributed by atoms with Crippen molar-refractivity contribution in [2.75, 3.05) is 20.3 Å². The molecule has 0 radical (unpaired) electrons. The second kappa shape index (κ2) is 6.56. The molecule has 0 heterocycles. The Morgan fingerprint density at radius 3 is 2.52 bits per heavy atom. The van der Waals surface area contributed by atoms with Crippen molar-refractivity contribution in [3.05, 3.63) is 35.6 Å². The van der Waals surface area contributed by atoms with E-state index in [0.717, 1.165) is 18.4 Å². The Kier molecular flexibility index (Phi) is 4.99. The fourth-order valence-electron chi connectivity index (χ4n) is 2.59. The summed E-state index contributed by atoms with van der Waals surface area (Å²) in [4.78, 5) is 14.5. The second-order valence-electron chi connectivity index (χ2n) is 6.48. The average molecular weight is 293 g/mol. The average Bonchev–Trinajstić information content (AvgIpc) is 3.08. The van der Waals surface area contributed by atoms with Gasteiger partial charge in [0, 0.05) is 32.7 Å². The van der Waals surface area contributed by atoms with Crippen LogP contribution in [0.4, 0.5) is 4.39 Å². The Labute approximate surface area is 126 Å². The Hall–Kier alpha value is -1.42. The Balaban J connectivity index is 2.01. The molecule has 4 heteroatoms. The zero-order valence-electron chi connectivity index (χ0n) is 13.1. The number of carbonyl (C=O) groups excluding carboxylic acids is 1. The fraction of sp³-hybridized carbons (Fsp3) is 0.588. The molecule has 2 rings (SSSR count). The number of rotatable bonds is 7. The third-order valence-electron chi connectivity index (χ3n) is 4.19. The zero-order chi connectivity index (χ0) is 15.5. The van der Waals surface area contributed by atoms with Gasteiger partial charge in [-0.15, -0.1) is 0 Å². The molecule has 0 spiro atoms. The van der Waals surface area contributed by atoms with Crippen molar-refractivity contribution in [3.8, 4) is 0 Å². The highest BCUT2D eigenvalue weighted by atomic mass is 19.1. The van der Waals surface area contributed by atoms with E-state index in [1.165, 1.54) is 12.1 Å². The number of amides is 1. The van der Waals surface area contributed by atoms with E-state index in [1.54, 1.807) is 19.2 Å². The summed E-state index contributed by atoms with van der Waals surface area (Å²) in [5.74, 6) is 0.0836. The first kappa shape index (κ1) is 16.0. The highest BCUT2D eigenvalue weighted by Gasteiger charge is 2.51. The molecule has 0 bridgehead atoms. The summed E-state index contributed by atoms with van der Waals surface area (Å²) >= 11 is 0. The molecular weight excluding hydrogens is 269 g/mol. The van der Waals surface area contributed by atoms with Crippen molar-refractivity contribution >= 4 is 5.91 Å². The third-order valence-corrected chi connectivity index (χ3v) is 4.19. The van der Waals surface area contributed by atoms with E-state index >= 15 is 0 Å². The third kappa shape index (κ3) is 4.27. The van der Waals surface area contributed by atoms with Gasteiger partial charge < -0.3 is 9.64 Å². The van der Waals surface area contributed by atoms with Gasteiger partial charge in [-0.2, -0.15) is 0 Å². The van der Waals surface area contributed by atoms with Gasteiger partial charge in [0.15, 0.2) is 0 Å². The van der Waals surface area contributed by atoms with Gasteiger partial charge in [-0.1, -0.05) is 26.0 Å². The molecular formula is C17H24FNO2. The quantitative estimate of drug-likeness (QED) is 0.722. The number of hydrogen-bond donors (Lipinski definition) is 0. The lowest BCUT2D eigenvalue weighted by Crippen LogP contribution is -2.34. The minimum absolute atomic E-state index is 0.124. The van der Waals surface area contributed by atoms with E-state index in [4.69, 9.17) is 4.74 Å². The number of carbonyl (C=O) groups is 1. The van der Waals surface area contributed by atoms with E-state index in [-0.39, 0.29) is 23.1 Å². The predicted octanol–water partition coefficient (Wildman–Crippen LogP) is 3.24. The minimum Gasteiger partial charge on any atom is -0.385 e. The summed E-state index contributed by atoms with van der Waals surface area (Å²) in [6, 6.07) is 6.36. The van der Waals surface area contributed by atoms with Crippen LogP contribution >= 0.6 is 0 Å². The van der Waals surface area contributed by atoms with Gasteiger partial charge in [0.05, 0.1) is 0 Å². The number of ether oxygens (including phenoxy) is 1. The van der Waals surface area contributed by atoms with E-state index in [9.17, 15) is 9.18 Å². The van der Waals surface area contributed by atoms with Crippen molar-refractivity contribution in [1.29, 1.82) is 0 Å². The monoisotopic (exact) mass is 293 g/mol. The van der Waals surface area contributed by atoms with Gasteiger partial charge in [-0.3, -0.25) is 4.79 Å². The van der Waals surface area contributed by atoms with Crippen molar-refractivity contribution in [3.63, 3.8) is 0 Å². The maximum Gasteiger partial charge on any atom is 0.226 e. The summed E-state index contributed by atoms with van der Waals surface area (Å²) in [5.41, 5.74) is 1.08. The normalized spacial score (nSPS) is 19.3. The molecule has 1 aromatic rings. The minimum atomic E-state index is -0.251. The molecule has 0 aliphatic heterocycles. The van der Waals surface area contributed by atoms with Crippen LogP contribution in [0.1, 0.15) is 32.3 Å². The number of nitrogens with zero attached hydrogens (tertiary/aromatic N) is 1. The summed E-state index contributed by atoms with van der Waals surface area (Å²) in [6.45, 7) is 6.11. The lowest BCUT2D eigenvalue weighted by Gasteiger charge is -2.23. The highest BCUT2D eigenvalue weighted by molar-refractivity contribution is 5.82. The molecule has 1 fully saturated rings. The van der Waals surface area contributed by atoms with E-state index in [2.05, 4.69) is 13.8 Å². The number of hydrogen-bond acceptors (Lipinski definition) is 2. The first-order valence-corrected chi connectivity index (χ1v) is 7.46. The molecule has 3 nitrogen and oxygen atoms in total. The van der Waals surface area contributed by atoms with Crippen LogP contribution in [0, 0.1) is 17.2 Å². The van der Waals surface area contributed by atoms with Crippen molar-refractivity contribution in [2.45, 2.75) is 33.2 Å². The zero-order valence-corrected chi connectivity index (χ0v) is 13.1. The largest absolute Gasteiger partial charge is 0.385 e. The van der Waals surface area contributed by atoms with Gasteiger partial charge in [0.2, 0.25) is 5.91 Å². The number of halogens is 1. The van der Waals surface area contributed by atoms with Crippen molar-refractivity contribution < 1.29 is 13.9 Å². The van der Waals surface area contributed by atoms with Crippen LogP contribution < -0.4 is 0 Å². The first-order chi connectivity index (χ1) is 9.94. The van der Waals surface area contributed by atoms with Crippen molar-refractivity contribution in [1.82, 2.24) is 4.90 Å². The fourth-order valence-corrected chi connectivity index (χ4v) is 2.59. The summed E-state index contributed by atoms with van der Waals surface area (Å²) in [5, 5.41) is 0. The Morgan fingerprint density at radius 1 is 1.38 bits per heavy atom. The SMILES string of the molecule is COCCCN(Cc1ccc(F)cc1)C(=O)[C@H]1CC1(C)C. The molecule has 1 aliphatic carbocycles. The smallest absolute Gasteiger partial charge is 0.226 e. The molecule has 21 heavy (non-hydrogen) atoms. The second-order valence-corrected chi connectivity index (χ2v) is 6.48. The molecule has 0 unspecified atom stereocenters. The van der Waals surface area contributed by atoms with Gasteiger partial charge in [-0.25, -0.2) is 4.39 Å². The Morgan fingerprint density at radius 2 is 2.00 bits per heavy atom. The number of methoxy groups -OCH3 is 1. The molecule has 1 aliphatic rings. The van der Waals surface area contributed by atoms with E-state index in [1.807, 2.05) is 4.90 Å². The van der Waals surface area contributed by atoms with Gasteiger partial charge >= 0.3 is 0 Å². The molecule has 1 atom stereocenters. The molecule has 116 valence electrons. The molecule has 1 saturated carbocycles.